The second kappa shape index (κ2) is 5.63. The SMILES string of the molecule is CS(=O)(=O)c1ccc(C(=O)NC2CCCC2C#N)cc1. The van der Waals surface area contributed by atoms with Crippen LogP contribution < -0.4 is 5.32 Å². The van der Waals surface area contributed by atoms with E-state index in [1.54, 1.807) is 0 Å². The molecule has 106 valence electrons. The van der Waals surface area contributed by atoms with Gasteiger partial charge >= 0.3 is 0 Å². The van der Waals surface area contributed by atoms with Crippen molar-refractivity contribution in [3.05, 3.63) is 29.8 Å². The minimum Gasteiger partial charge on any atom is -0.348 e. The molecule has 1 N–H and O–H groups in total. The van der Waals surface area contributed by atoms with Crippen LogP contribution in [-0.2, 0) is 9.84 Å². The van der Waals surface area contributed by atoms with Gasteiger partial charge in [0.15, 0.2) is 9.84 Å². The summed E-state index contributed by atoms with van der Waals surface area (Å²) in [6, 6.07) is 7.91. The first-order valence-electron chi connectivity index (χ1n) is 6.42. The molecule has 2 rings (SSSR count). The van der Waals surface area contributed by atoms with E-state index in [9.17, 15) is 13.2 Å². The largest absolute Gasteiger partial charge is 0.348 e. The number of carbonyl (C=O) groups excluding carboxylic acids is 1. The number of hydrogen-bond acceptors (Lipinski definition) is 4. The van der Waals surface area contributed by atoms with Crippen LogP contribution in [0.15, 0.2) is 29.2 Å². The third-order valence-corrected chi connectivity index (χ3v) is 4.67. The van der Waals surface area contributed by atoms with E-state index in [0.29, 0.717) is 5.56 Å². The lowest BCUT2D eigenvalue weighted by Gasteiger charge is -2.15. The number of amides is 1. The van der Waals surface area contributed by atoms with Crippen molar-refractivity contribution in [2.24, 2.45) is 5.92 Å². The summed E-state index contributed by atoms with van der Waals surface area (Å²) in [5.41, 5.74) is 0.404. The van der Waals surface area contributed by atoms with Gasteiger partial charge in [-0.05, 0) is 43.5 Å². The molecule has 0 saturated heterocycles. The Morgan fingerprint density at radius 3 is 2.50 bits per heavy atom. The molecule has 1 amide bonds. The summed E-state index contributed by atoms with van der Waals surface area (Å²) in [4.78, 5) is 12.2. The van der Waals surface area contributed by atoms with Gasteiger partial charge in [0.05, 0.1) is 16.9 Å². The predicted octanol–water partition coefficient (Wildman–Crippen LogP) is 1.51. The number of nitrogens with one attached hydrogen (secondary N) is 1. The molecular formula is C14H16N2O3S. The molecule has 0 spiro atoms. The number of rotatable bonds is 3. The molecule has 6 heteroatoms. The minimum atomic E-state index is -3.26. The van der Waals surface area contributed by atoms with Gasteiger partial charge in [-0.2, -0.15) is 5.26 Å². The highest BCUT2D eigenvalue weighted by Gasteiger charge is 2.28. The minimum absolute atomic E-state index is 0.109. The Bertz CT molecular complexity index is 644. The molecule has 20 heavy (non-hydrogen) atoms. The van der Waals surface area contributed by atoms with E-state index >= 15 is 0 Å². The van der Waals surface area contributed by atoms with Gasteiger partial charge in [0, 0.05) is 17.9 Å². The smallest absolute Gasteiger partial charge is 0.251 e. The first kappa shape index (κ1) is 14.5. The van der Waals surface area contributed by atoms with E-state index in [4.69, 9.17) is 5.26 Å². The quantitative estimate of drug-likeness (QED) is 0.914. The number of hydrogen-bond donors (Lipinski definition) is 1. The summed E-state index contributed by atoms with van der Waals surface area (Å²) in [5, 5.41) is 11.8. The monoisotopic (exact) mass is 292 g/mol. The Balaban J connectivity index is 2.09. The van der Waals surface area contributed by atoms with Crippen LogP contribution in [0.4, 0.5) is 0 Å². The highest BCUT2D eigenvalue weighted by Crippen LogP contribution is 2.25. The maximum Gasteiger partial charge on any atom is 0.251 e. The summed E-state index contributed by atoms with van der Waals surface area (Å²) >= 11 is 0. The fourth-order valence-corrected chi connectivity index (χ4v) is 3.02. The number of carbonyl (C=O) groups is 1. The topological polar surface area (TPSA) is 87.0 Å². The zero-order valence-electron chi connectivity index (χ0n) is 11.2. The van der Waals surface area contributed by atoms with Crippen LogP contribution in [0.5, 0.6) is 0 Å². The summed E-state index contributed by atoms with van der Waals surface area (Å²) in [5.74, 6) is -0.397. The van der Waals surface area contributed by atoms with Crippen LogP contribution in [0.2, 0.25) is 0 Å². The molecule has 0 radical (unpaired) electrons. The standard InChI is InChI=1S/C14H16N2O3S/c1-20(18,19)12-7-5-10(6-8-12)14(17)16-13-4-2-3-11(13)9-15/h5-8,11,13H,2-4H2,1H3,(H,16,17). The van der Waals surface area contributed by atoms with Crippen molar-refractivity contribution in [1.29, 1.82) is 5.26 Å². The Labute approximate surface area is 118 Å². The normalized spacial score (nSPS) is 22.2. The molecule has 5 nitrogen and oxygen atoms in total. The van der Waals surface area contributed by atoms with Crippen molar-refractivity contribution in [2.75, 3.05) is 6.26 Å². The lowest BCUT2D eigenvalue weighted by atomic mass is 10.1. The Morgan fingerprint density at radius 1 is 1.30 bits per heavy atom. The number of benzene rings is 1. The molecule has 0 bridgehead atoms. The maximum absolute atomic E-state index is 12.1. The molecule has 1 aliphatic carbocycles. The van der Waals surface area contributed by atoms with Crippen LogP contribution >= 0.6 is 0 Å². The summed E-state index contributed by atoms with van der Waals surface area (Å²) in [7, 11) is -3.26. The molecule has 0 aromatic heterocycles. The van der Waals surface area contributed by atoms with Crippen LogP contribution in [0.1, 0.15) is 29.6 Å². The van der Waals surface area contributed by atoms with Gasteiger partial charge in [0.25, 0.3) is 5.91 Å². The van der Waals surface area contributed by atoms with Crippen molar-refractivity contribution < 1.29 is 13.2 Å². The van der Waals surface area contributed by atoms with Crippen molar-refractivity contribution in [1.82, 2.24) is 5.32 Å². The fraction of sp³-hybridized carbons (Fsp3) is 0.429. The van der Waals surface area contributed by atoms with Crippen LogP contribution in [0.3, 0.4) is 0 Å². The zero-order valence-corrected chi connectivity index (χ0v) is 12.0. The second-order valence-electron chi connectivity index (χ2n) is 5.04. The average Bonchev–Trinajstić information content (AvgIpc) is 2.85. The maximum atomic E-state index is 12.1. The zero-order chi connectivity index (χ0) is 14.8. The lowest BCUT2D eigenvalue weighted by molar-refractivity contribution is 0.0932. The second-order valence-corrected chi connectivity index (χ2v) is 7.06. The van der Waals surface area contributed by atoms with E-state index in [1.165, 1.54) is 24.3 Å². The van der Waals surface area contributed by atoms with Crippen molar-refractivity contribution in [3.63, 3.8) is 0 Å². The molecule has 0 heterocycles. The molecule has 2 unspecified atom stereocenters. The molecular weight excluding hydrogens is 276 g/mol. The summed E-state index contributed by atoms with van der Waals surface area (Å²) in [6.45, 7) is 0. The van der Waals surface area contributed by atoms with Crippen LogP contribution in [0.25, 0.3) is 0 Å². The third-order valence-electron chi connectivity index (χ3n) is 3.54. The van der Waals surface area contributed by atoms with Crippen molar-refractivity contribution in [3.8, 4) is 6.07 Å². The molecule has 1 fully saturated rings. The van der Waals surface area contributed by atoms with Gasteiger partial charge in [0.1, 0.15) is 0 Å². The van der Waals surface area contributed by atoms with E-state index in [-0.39, 0.29) is 22.8 Å². The van der Waals surface area contributed by atoms with Gasteiger partial charge < -0.3 is 5.32 Å². The summed E-state index contributed by atoms with van der Waals surface area (Å²) in [6.07, 6.45) is 3.69. The van der Waals surface area contributed by atoms with Crippen LogP contribution in [0, 0.1) is 17.2 Å². The molecule has 1 aromatic carbocycles. The average molecular weight is 292 g/mol. The Hall–Kier alpha value is -1.87. The van der Waals surface area contributed by atoms with Gasteiger partial charge in [-0.25, -0.2) is 8.42 Å². The third kappa shape index (κ3) is 3.17. The fourth-order valence-electron chi connectivity index (χ4n) is 2.39. The van der Waals surface area contributed by atoms with Gasteiger partial charge in [0.2, 0.25) is 0 Å². The molecule has 0 aliphatic heterocycles. The van der Waals surface area contributed by atoms with Crippen molar-refractivity contribution >= 4 is 15.7 Å². The molecule has 2 atom stereocenters. The Morgan fingerprint density at radius 2 is 1.95 bits per heavy atom. The van der Waals surface area contributed by atoms with Crippen LogP contribution in [-0.4, -0.2) is 26.6 Å². The molecule has 1 aromatic rings. The Kier molecular flexibility index (Phi) is 4.09. The lowest BCUT2D eigenvalue weighted by Crippen LogP contribution is -2.36. The number of nitriles is 1. The van der Waals surface area contributed by atoms with E-state index in [2.05, 4.69) is 11.4 Å². The van der Waals surface area contributed by atoms with Crippen molar-refractivity contribution in [2.45, 2.75) is 30.2 Å². The van der Waals surface area contributed by atoms with Gasteiger partial charge in [-0.1, -0.05) is 0 Å². The highest BCUT2D eigenvalue weighted by atomic mass is 32.2. The predicted molar refractivity (Wildman–Crippen MR) is 73.8 cm³/mol. The first-order chi connectivity index (χ1) is 9.41. The van der Waals surface area contributed by atoms with E-state index < -0.39 is 9.84 Å². The van der Waals surface area contributed by atoms with E-state index in [1.807, 2.05) is 0 Å². The van der Waals surface area contributed by atoms with Gasteiger partial charge in [-0.15, -0.1) is 0 Å². The number of nitrogens with zero attached hydrogens (tertiary/aromatic N) is 1. The first-order valence-corrected chi connectivity index (χ1v) is 8.31. The molecule has 1 aliphatic rings. The van der Waals surface area contributed by atoms with E-state index in [0.717, 1.165) is 25.5 Å². The molecule has 1 saturated carbocycles. The summed E-state index contributed by atoms with van der Waals surface area (Å²) < 4.78 is 22.7. The number of sulfone groups is 1. The highest BCUT2D eigenvalue weighted by molar-refractivity contribution is 7.90. The van der Waals surface area contributed by atoms with Gasteiger partial charge in [-0.3, -0.25) is 4.79 Å².